The summed E-state index contributed by atoms with van der Waals surface area (Å²) < 4.78 is 15.8. The quantitative estimate of drug-likeness (QED) is 0.327. The van der Waals surface area contributed by atoms with Gasteiger partial charge in [0.25, 0.3) is 0 Å². The zero-order valence-electron chi connectivity index (χ0n) is 15.8. The van der Waals surface area contributed by atoms with Crippen molar-refractivity contribution in [3.8, 4) is 0 Å². The van der Waals surface area contributed by atoms with Crippen LogP contribution in [0.1, 0.15) is 13.8 Å². The topological polar surface area (TPSA) is 112 Å². The summed E-state index contributed by atoms with van der Waals surface area (Å²) in [6.07, 6.45) is 0. The Balaban J connectivity index is 0.000000431. The minimum absolute atomic E-state index is 0.887. The SMILES string of the molecule is CCn1c(=NN=c2sc3ccccc3n2CC)sc2ccccc21.O=P(O)(O)O. The van der Waals surface area contributed by atoms with Crippen molar-refractivity contribution in [2.45, 2.75) is 26.9 Å². The van der Waals surface area contributed by atoms with Gasteiger partial charge in [-0.15, -0.1) is 10.2 Å². The highest BCUT2D eigenvalue weighted by molar-refractivity contribution is 7.45. The lowest BCUT2D eigenvalue weighted by Crippen LogP contribution is -2.16. The van der Waals surface area contributed by atoms with E-state index in [1.165, 1.54) is 20.4 Å². The number of rotatable bonds is 3. The van der Waals surface area contributed by atoms with E-state index >= 15 is 0 Å². The van der Waals surface area contributed by atoms with Crippen molar-refractivity contribution >= 4 is 50.9 Å². The normalized spacial score (nSPS) is 13.1. The minimum atomic E-state index is -4.64. The number of aromatic nitrogens is 2. The third kappa shape index (κ3) is 5.30. The molecule has 0 aliphatic rings. The largest absolute Gasteiger partial charge is 0.466 e. The van der Waals surface area contributed by atoms with Crippen molar-refractivity contribution < 1.29 is 19.2 Å². The molecule has 2 heterocycles. The van der Waals surface area contributed by atoms with E-state index in [1.807, 2.05) is 0 Å². The maximum atomic E-state index is 8.88. The second-order valence-corrected chi connectivity index (χ2v) is 8.95. The Hall–Kier alpha value is -2.07. The van der Waals surface area contributed by atoms with Crippen molar-refractivity contribution in [3.63, 3.8) is 0 Å². The van der Waals surface area contributed by atoms with Crippen molar-refractivity contribution in [1.29, 1.82) is 0 Å². The summed E-state index contributed by atoms with van der Waals surface area (Å²) in [5.74, 6) is 0. The first-order chi connectivity index (χ1) is 13.8. The molecule has 2 aromatic carbocycles. The second kappa shape index (κ2) is 9.17. The average Bonchev–Trinajstić information content (AvgIpc) is 3.21. The third-order valence-corrected chi connectivity index (χ3v) is 6.13. The molecule has 0 saturated carbocycles. The fourth-order valence-corrected chi connectivity index (χ4v) is 4.98. The van der Waals surface area contributed by atoms with E-state index in [9.17, 15) is 0 Å². The fraction of sp³-hybridized carbons (Fsp3) is 0.222. The Morgan fingerprint density at radius 3 is 1.48 bits per heavy atom. The smallest absolute Gasteiger partial charge is 0.315 e. The molecule has 4 aromatic rings. The minimum Gasteiger partial charge on any atom is -0.315 e. The molecule has 154 valence electrons. The maximum absolute atomic E-state index is 8.88. The van der Waals surface area contributed by atoms with Gasteiger partial charge in [0.05, 0.1) is 20.4 Å². The van der Waals surface area contributed by atoms with Gasteiger partial charge in [-0.1, -0.05) is 46.9 Å². The summed E-state index contributed by atoms with van der Waals surface area (Å²) in [5, 5.41) is 9.17. The van der Waals surface area contributed by atoms with Gasteiger partial charge in [0, 0.05) is 13.1 Å². The third-order valence-electron chi connectivity index (χ3n) is 4.03. The Kier molecular flexibility index (Phi) is 6.84. The summed E-state index contributed by atoms with van der Waals surface area (Å²) in [6, 6.07) is 16.8. The average molecular weight is 452 g/mol. The Morgan fingerprint density at radius 1 is 0.793 bits per heavy atom. The van der Waals surface area contributed by atoms with Crippen molar-refractivity contribution in [2.24, 2.45) is 10.2 Å². The molecule has 2 aromatic heterocycles. The van der Waals surface area contributed by atoms with Crippen LogP contribution < -0.4 is 9.60 Å². The summed E-state index contributed by atoms with van der Waals surface area (Å²) in [4.78, 5) is 23.4. The van der Waals surface area contributed by atoms with Gasteiger partial charge in [0.2, 0.25) is 9.60 Å². The zero-order chi connectivity index (χ0) is 21.0. The molecule has 0 atom stereocenters. The highest BCUT2D eigenvalue weighted by Crippen LogP contribution is 2.25. The molecule has 0 aliphatic carbocycles. The van der Waals surface area contributed by atoms with Gasteiger partial charge in [-0.3, -0.25) is 0 Å². The number of para-hydroxylation sites is 2. The van der Waals surface area contributed by atoms with Crippen molar-refractivity contribution in [1.82, 2.24) is 9.13 Å². The standard InChI is InChI=1S/C18H18N4S2.H3O4P/c1-3-21-13-9-5-7-11-15(13)23-17(21)19-20-18-22(4-2)14-10-6-8-12-16(14)24-18;1-5(2,3)4/h5-12H,3-4H2,1-2H3;(H3,1,2,3,4). The van der Waals surface area contributed by atoms with Crippen molar-refractivity contribution in [2.75, 3.05) is 0 Å². The van der Waals surface area contributed by atoms with Crippen LogP contribution in [0, 0.1) is 0 Å². The molecule has 3 N–H and O–H groups in total. The van der Waals surface area contributed by atoms with E-state index in [1.54, 1.807) is 22.7 Å². The van der Waals surface area contributed by atoms with Gasteiger partial charge >= 0.3 is 7.82 Å². The van der Waals surface area contributed by atoms with Crippen LogP contribution >= 0.6 is 30.5 Å². The lowest BCUT2D eigenvalue weighted by molar-refractivity contribution is 0.275. The van der Waals surface area contributed by atoms with E-state index in [2.05, 4.69) is 81.7 Å². The molecule has 0 unspecified atom stereocenters. The van der Waals surface area contributed by atoms with Crippen LogP contribution in [0.4, 0.5) is 0 Å². The van der Waals surface area contributed by atoms with Crippen LogP contribution in [-0.2, 0) is 17.7 Å². The molecule has 11 heteroatoms. The first-order valence-corrected chi connectivity index (χ1v) is 12.0. The van der Waals surface area contributed by atoms with E-state index in [0.717, 1.165) is 22.7 Å². The Morgan fingerprint density at radius 2 is 1.14 bits per heavy atom. The number of benzene rings is 2. The number of thiazole rings is 2. The molecule has 0 spiro atoms. The number of fused-ring (bicyclic) bond motifs is 2. The summed E-state index contributed by atoms with van der Waals surface area (Å²) in [7, 11) is -4.64. The Bertz CT molecular complexity index is 1210. The molecule has 0 aliphatic heterocycles. The van der Waals surface area contributed by atoms with E-state index in [4.69, 9.17) is 19.2 Å². The molecular weight excluding hydrogens is 431 g/mol. The highest BCUT2D eigenvalue weighted by Gasteiger charge is 2.05. The lowest BCUT2D eigenvalue weighted by Gasteiger charge is -1.99. The first kappa shape index (κ1) is 21.6. The summed E-state index contributed by atoms with van der Waals surface area (Å²) in [5.41, 5.74) is 2.44. The number of hydrogen-bond donors (Lipinski definition) is 3. The van der Waals surface area contributed by atoms with Crippen LogP contribution in [0.2, 0.25) is 0 Å². The molecule has 4 rings (SSSR count). The van der Waals surface area contributed by atoms with Gasteiger partial charge in [-0.2, -0.15) is 0 Å². The van der Waals surface area contributed by atoms with Crippen LogP contribution in [0.5, 0.6) is 0 Å². The van der Waals surface area contributed by atoms with Crippen LogP contribution in [0.15, 0.2) is 58.7 Å². The molecule has 0 saturated heterocycles. The van der Waals surface area contributed by atoms with Crippen molar-refractivity contribution in [3.05, 3.63) is 58.1 Å². The van der Waals surface area contributed by atoms with E-state index in [-0.39, 0.29) is 0 Å². The van der Waals surface area contributed by atoms with Crippen LogP contribution in [-0.4, -0.2) is 23.8 Å². The van der Waals surface area contributed by atoms with E-state index in [0.29, 0.717) is 0 Å². The van der Waals surface area contributed by atoms with Gasteiger partial charge < -0.3 is 23.8 Å². The predicted octanol–water partition coefficient (Wildman–Crippen LogP) is 3.25. The number of aryl methyl sites for hydroxylation is 2. The monoisotopic (exact) mass is 452 g/mol. The van der Waals surface area contributed by atoms with Gasteiger partial charge in [0.1, 0.15) is 0 Å². The maximum Gasteiger partial charge on any atom is 0.466 e. The molecule has 29 heavy (non-hydrogen) atoms. The number of nitrogens with zero attached hydrogens (tertiary/aromatic N) is 4. The first-order valence-electron chi connectivity index (χ1n) is 8.84. The molecule has 8 nitrogen and oxygen atoms in total. The number of phosphoric acid groups is 1. The highest BCUT2D eigenvalue weighted by atomic mass is 32.1. The van der Waals surface area contributed by atoms with Crippen LogP contribution in [0.25, 0.3) is 20.4 Å². The molecule has 0 radical (unpaired) electrons. The summed E-state index contributed by atoms with van der Waals surface area (Å²) in [6.45, 7) is 6.06. The zero-order valence-corrected chi connectivity index (χ0v) is 18.4. The van der Waals surface area contributed by atoms with Gasteiger partial charge in [0.15, 0.2) is 0 Å². The fourth-order valence-electron chi connectivity index (χ4n) is 2.89. The van der Waals surface area contributed by atoms with Gasteiger partial charge in [-0.25, -0.2) is 4.57 Å². The molecule has 0 fully saturated rings. The molecule has 0 bridgehead atoms. The molecule has 0 amide bonds. The van der Waals surface area contributed by atoms with E-state index < -0.39 is 7.82 Å². The lowest BCUT2D eigenvalue weighted by atomic mass is 10.3. The van der Waals surface area contributed by atoms with Gasteiger partial charge in [-0.05, 0) is 38.1 Å². The predicted molar refractivity (Wildman–Crippen MR) is 116 cm³/mol. The number of hydrogen-bond acceptors (Lipinski definition) is 5. The second-order valence-electron chi connectivity index (χ2n) is 5.91. The Labute approximate surface area is 174 Å². The molecular formula is C18H21N4O4PS2. The van der Waals surface area contributed by atoms with Crippen LogP contribution in [0.3, 0.4) is 0 Å². The summed E-state index contributed by atoms with van der Waals surface area (Å²) >= 11 is 3.37.